The standard InChI is InChI=1S/9O.3Ti.Zn.Zr/q;;;6*-1;;;;+2;+4. The van der Waals surface area contributed by atoms with Gasteiger partial charge >= 0.3 is 134 Å². The SMILES string of the molecule is [O]=[Ti]([O-])[O-].[O]=[Ti]([O-])[O-].[O]=[Ti]([O-])[O-].[Zn+2].[Zr+4]. The van der Waals surface area contributed by atoms with Crippen molar-refractivity contribution < 1.29 is 134 Å². The van der Waals surface area contributed by atoms with Crippen LogP contribution in [0.15, 0.2) is 0 Å². The van der Waals surface area contributed by atoms with Crippen LogP contribution in [0.3, 0.4) is 0 Å². The Bertz CT molecular complexity index is 118. The molecule has 0 heterocycles. The van der Waals surface area contributed by atoms with Crippen molar-refractivity contribution in [2.45, 2.75) is 0 Å². The molecule has 0 aliphatic carbocycles. The second-order valence-corrected chi connectivity index (χ2v) is 3.09. The van der Waals surface area contributed by atoms with Gasteiger partial charge in [-0.15, -0.1) is 0 Å². The Morgan fingerprint density at radius 3 is 0.571 bits per heavy atom. The quantitative estimate of drug-likeness (QED) is 0.327. The molecule has 0 amide bonds. The minimum Gasteiger partial charge on any atom is 2.00 e. The maximum atomic E-state index is 8.58. The van der Waals surface area contributed by atoms with Gasteiger partial charge in [0.25, 0.3) is 0 Å². The van der Waals surface area contributed by atoms with E-state index in [0.717, 1.165) is 0 Å². The maximum Gasteiger partial charge on any atom is 4.00 e. The Balaban J connectivity index is -0.0000000270. The van der Waals surface area contributed by atoms with Gasteiger partial charge in [0.2, 0.25) is 0 Å². The van der Waals surface area contributed by atoms with Gasteiger partial charge in [0.05, 0.1) is 0 Å². The topological polar surface area (TPSA) is 190 Å². The summed E-state index contributed by atoms with van der Waals surface area (Å²) in [7, 11) is 0. The van der Waals surface area contributed by atoms with Crippen LogP contribution in [0.1, 0.15) is 0 Å². The molecule has 0 atom stereocenters. The molecule has 0 saturated carbocycles. The van der Waals surface area contributed by atoms with Gasteiger partial charge in [0.1, 0.15) is 0 Å². The number of hydrogen-bond acceptors (Lipinski definition) is 9. The molecule has 0 aliphatic rings. The van der Waals surface area contributed by atoms with Gasteiger partial charge in [-0.1, -0.05) is 0 Å². The molecule has 0 fully saturated rings. The van der Waals surface area contributed by atoms with Crippen LogP contribution in [0, 0.1) is 0 Å². The summed E-state index contributed by atoms with van der Waals surface area (Å²) >= 11 is -12.2. The molecule has 0 aliphatic heterocycles. The molecule has 0 bridgehead atoms. The van der Waals surface area contributed by atoms with Crippen molar-refractivity contribution in [3.63, 3.8) is 0 Å². The fourth-order valence-corrected chi connectivity index (χ4v) is 0. The van der Waals surface area contributed by atoms with Gasteiger partial charge in [-0.05, 0) is 0 Å². The van der Waals surface area contributed by atoms with Gasteiger partial charge in [0.15, 0.2) is 0 Å². The van der Waals surface area contributed by atoms with E-state index < -0.39 is 55.8 Å². The van der Waals surface area contributed by atoms with Crippen LogP contribution in [0.4, 0.5) is 0 Å². The van der Waals surface area contributed by atoms with Gasteiger partial charge in [-0.25, -0.2) is 0 Å². The largest absolute Gasteiger partial charge is 4.00 e. The predicted octanol–water partition coefficient (Wildman–Crippen LogP) is -7.50. The van der Waals surface area contributed by atoms with Gasteiger partial charge in [-0.2, -0.15) is 0 Å². The predicted molar refractivity (Wildman–Crippen MR) is 2.06 cm³/mol. The molecule has 0 spiro atoms. The first-order valence-electron chi connectivity index (χ1n) is 1.84. The second kappa shape index (κ2) is 24.9. The summed E-state index contributed by atoms with van der Waals surface area (Å²) in [5, 5.41) is 0. The zero-order chi connectivity index (χ0) is 10.7. The molecule has 14 heteroatoms. The third-order valence-electron chi connectivity index (χ3n) is 0. The van der Waals surface area contributed by atoms with Gasteiger partial charge < -0.3 is 0 Å². The van der Waals surface area contributed by atoms with E-state index in [1.54, 1.807) is 0 Å². The van der Waals surface area contributed by atoms with Crippen molar-refractivity contribution in [2.24, 2.45) is 0 Å². The summed E-state index contributed by atoms with van der Waals surface area (Å²) in [4.78, 5) is 0. The average molecular weight is 444 g/mol. The van der Waals surface area contributed by atoms with Crippen LogP contribution in [-0.4, -0.2) is 0 Å². The first kappa shape index (κ1) is 30.1. The molecule has 0 aromatic carbocycles. The Kier molecular flexibility index (Phi) is 53.5. The molecule has 0 unspecified atom stereocenters. The van der Waals surface area contributed by atoms with Gasteiger partial charge in [-0.3, -0.25) is 0 Å². The van der Waals surface area contributed by atoms with Crippen LogP contribution in [0.5, 0.6) is 0 Å². The Labute approximate surface area is 131 Å². The summed E-state index contributed by atoms with van der Waals surface area (Å²) in [5.74, 6) is 0. The van der Waals surface area contributed by atoms with Gasteiger partial charge in [0, 0.05) is 0 Å². The monoisotopic (exact) mass is 442 g/mol. The summed E-state index contributed by atoms with van der Waals surface area (Å²) in [6.45, 7) is 0. The molecular formula is O9Ti3ZnZr. The van der Waals surface area contributed by atoms with Crippen molar-refractivity contribution in [3.05, 3.63) is 0 Å². The normalized spacial score (nSPS) is 5.57. The van der Waals surface area contributed by atoms with Crippen molar-refractivity contribution in [2.75, 3.05) is 0 Å². The van der Waals surface area contributed by atoms with E-state index in [-0.39, 0.29) is 45.7 Å². The van der Waals surface area contributed by atoms with E-state index in [4.69, 9.17) is 32.1 Å². The van der Waals surface area contributed by atoms with Crippen molar-refractivity contribution in [3.8, 4) is 0 Å². The summed E-state index contributed by atoms with van der Waals surface area (Å²) < 4.78 is 77.2. The van der Waals surface area contributed by atoms with Crippen LogP contribution in [-0.2, 0) is 112 Å². The van der Waals surface area contributed by atoms with Crippen molar-refractivity contribution >= 4 is 0 Å². The van der Waals surface area contributed by atoms with E-state index >= 15 is 0 Å². The first-order chi connectivity index (χ1) is 5.20. The fourth-order valence-electron chi connectivity index (χ4n) is 0. The Morgan fingerprint density at radius 2 is 0.571 bits per heavy atom. The molecular weight excluding hydrogens is 444 g/mol. The smallest absolute Gasteiger partial charge is 2.00 e. The van der Waals surface area contributed by atoms with E-state index in [2.05, 4.69) is 0 Å². The Morgan fingerprint density at radius 1 is 0.571 bits per heavy atom. The van der Waals surface area contributed by atoms with Crippen LogP contribution in [0.2, 0.25) is 0 Å². The molecule has 0 N–H and O–H groups in total. The van der Waals surface area contributed by atoms with Crippen molar-refractivity contribution in [1.82, 2.24) is 0 Å². The molecule has 0 rings (SSSR count). The maximum absolute atomic E-state index is 8.58. The van der Waals surface area contributed by atoms with E-state index in [1.807, 2.05) is 0 Å². The number of hydrogen-bond donors (Lipinski definition) is 0. The zero-order valence-electron chi connectivity index (χ0n) is 6.38. The third kappa shape index (κ3) is 358. The molecule has 0 saturated heterocycles. The van der Waals surface area contributed by atoms with Crippen LogP contribution in [0.25, 0.3) is 0 Å². The third-order valence-corrected chi connectivity index (χ3v) is 0. The summed E-state index contributed by atoms with van der Waals surface area (Å²) in [6.07, 6.45) is 0. The molecule has 0 radical (unpaired) electrons. The minimum absolute atomic E-state index is 0. The van der Waals surface area contributed by atoms with E-state index in [1.165, 1.54) is 0 Å². The Hall–Kier alpha value is 2.81. The molecule has 0 aromatic heterocycles. The molecule has 0 aromatic rings. The number of rotatable bonds is 0. The van der Waals surface area contributed by atoms with Crippen LogP contribution >= 0.6 is 0 Å². The second-order valence-electron chi connectivity index (χ2n) is 0.750. The summed E-state index contributed by atoms with van der Waals surface area (Å²) in [5.41, 5.74) is 0. The average Bonchev–Trinajstić information content (AvgIpc) is 1.54. The molecule has 72 valence electrons. The summed E-state index contributed by atoms with van der Waals surface area (Å²) in [6, 6.07) is 0. The fraction of sp³-hybridized carbons (Fsp3) is 0. The van der Waals surface area contributed by atoms with E-state index in [9.17, 15) is 0 Å². The van der Waals surface area contributed by atoms with Crippen molar-refractivity contribution in [1.29, 1.82) is 0 Å². The zero-order valence-corrected chi connectivity index (χ0v) is 16.5. The molecule has 9 nitrogen and oxygen atoms in total. The van der Waals surface area contributed by atoms with Crippen LogP contribution < -0.4 is 22.1 Å². The first-order valence-corrected chi connectivity index (χ1v) is 7.57. The minimum atomic E-state index is -4.08. The molecule has 14 heavy (non-hydrogen) atoms. The van der Waals surface area contributed by atoms with E-state index in [0.29, 0.717) is 0 Å².